The van der Waals surface area contributed by atoms with Gasteiger partial charge in [0.25, 0.3) is 5.89 Å². The highest BCUT2D eigenvalue weighted by Gasteiger charge is 2.44. The zero-order chi connectivity index (χ0) is 22.8. The first-order valence-electron chi connectivity index (χ1n) is 11.1. The average molecular weight is 444 g/mol. The molecule has 0 saturated heterocycles. The Balaban J connectivity index is 1.37. The molecule has 5 rings (SSSR count). The fourth-order valence-corrected chi connectivity index (χ4v) is 4.08. The third-order valence-corrected chi connectivity index (χ3v) is 6.23. The third kappa shape index (κ3) is 4.19. The van der Waals surface area contributed by atoms with E-state index in [2.05, 4.69) is 31.2 Å². The molecule has 168 valence electrons. The second kappa shape index (κ2) is 8.67. The van der Waals surface area contributed by atoms with E-state index in [1.165, 1.54) is 0 Å². The molecule has 4 aromatic heterocycles. The fourth-order valence-electron chi connectivity index (χ4n) is 4.08. The Bertz CT molecular complexity index is 1220. The van der Waals surface area contributed by atoms with Crippen molar-refractivity contribution in [2.24, 2.45) is 0 Å². The van der Waals surface area contributed by atoms with Gasteiger partial charge in [0.1, 0.15) is 0 Å². The fraction of sp³-hybridized carbons (Fsp3) is 0.333. The number of nitrogen functional groups attached to an aromatic ring is 1. The lowest BCUT2D eigenvalue weighted by Gasteiger charge is -2.39. The van der Waals surface area contributed by atoms with E-state index in [1.807, 2.05) is 24.4 Å². The maximum atomic E-state index is 9.46. The lowest BCUT2D eigenvalue weighted by molar-refractivity contribution is 0.184. The largest absolute Gasteiger partial charge is 0.393 e. The molecule has 33 heavy (non-hydrogen) atoms. The quantitative estimate of drug-likeness (QED) is 0.440. The van der Waals surface area contributed by atoms with Crippen LogP contribution in [0.3, 0.4) is 0 Å². The molecule has 3 N–H and O–H groups in total. The molecule has 0 unspecified atom stereocenters. The van der Waals surface area contributed by atoms with E-state index in [0.717, 1.165) is 53.8 Å². The Morgan fingerprint density at radius 3 is 2.39 bits per heavy atom. The molecule has 1 fully saturated rings. The number of nitrogens with zero attached hydrogens (tertiary/aromatic N) is 6. The summed E-state index contributed by atoms with van der Waals surface area (Å²) < 4.78 is 5.61. The van der Waals surface area contributed by atoms with E-state index in [9.17, 15) is 5.11 Å². The van der Waals surface area contributed by atoms with Gasteiger partial charge in [-0.1, -0.05) is 17.6 Å². The van der Waals surface area contributed by atoms with E-state index in [-0.39, 0.29) is 17.5 Å². The molecule has 1 saturated carbocycles. The minimum atomic E-state index is -0.341. The molecule has 0 aliphatic heterocycles. The van der Waals surface area contributed by atoms with Crippen LogP contribution in [0.15, 0.2) is 53.6 Å². The van der Waals surface area contributed by atoms with E-state index >= 15 is 0 Å². The summed E-state index contributed by atoms with van der Waals surface area (Å²) in [6, 6.07) is 7.89. The first-order chi connectivity index (χ1) is 16.0. The van der Waals surface area contributed by atoms with Crippen molar-refractivity contribution in [3.63, 3.8) is 0 Å². The number of pyridine rings is 2. The van der Waals surface area contributed by atoms with Gasteiger partial charge in [-0.15, -0.1) is 0 Å². The van der Waals surface area contributed by atoms with Gasteiger partial charge in [0.05, 0.1) is 22.8 Å². The van der Waals surface area contributed by atoms with Crippen LogP contribution >= 0.6 is 0 Å². The normalized spacial score (nSPS) is 15.7. The number of hydrogen-bond donors (Lipinski definition) is 2. The Kier molecular flexibility index (Phi) is 5.55. The van der Waals surface area contributed by atoms with Gasteiger partial charge in [-0.2, -0.15) is 4.98 Å². The molecule has 0 radical (unpaired) electrons. The molecule has 4 heterocycles. The third-order valence-electron chi connectivity index (χ3n) is 6.23. The van der Waals surface area contributed by atoms with E-state index in [0.29, 0.717) is 18.1 Å². The predicted octanol–water partition coefficient (Wildman–Crippen LogP) is 3.35. The molecule has 1 aliphatic carbocycles. The molecule has 4 aromatic rings. The number of hydrogen-bond acceptors (Lipinski definition) is 9. The van der Waals surface area contributed by atoms with Gasteiger partial charge in [0, 0.05) is 36.0 Å². The van der Waals surface area contributed by atoms with Crippen molar-refractivity contribution in [1.29, 1.82) is 0 Å². The highest BCUT2D eigenvalue weighted by Crippen LogP contribution is 2.48. The van der Waals surface area contributed by atoms with Gasteiger partial charge < -0.3 is 15.4 Å². The van der Waals surface area contributed by atoms with Crippen LogP contribution in [-0.2, 0) is 11.8 Å². The number of anilines is 1. The number of rotatable bonds is 7. The highest BCUT2D eigenvalue weighted by molar-refractivity contribution is 5.58. The summed E-state index contributed by atoms with van der Waals surface area (Å²) in [5, 5.41) is 13.8. The lowest BCUT2D eigenvalue weighted by Crippen LogP contribution is -2.36. The number of aryl methyl sites for hydroxylation is 1. The Hall–Kier alpha value is -3.72. The topological polar surface area (TPSA) is 137 Å². The minimum absolute atomic E-state index is 0.237. The van der Waals surface area contributed by atoms with E-state index in [4.69, 9.17) is 15.2 Å². The van der Waals surface area contributed by atoms with Crippen molar-refractivity contribution in [2.75, 3.05) is 5.73 Å². The molecule has 1 aliphatic rings. The van der Waals surface area contributed by atoms with Gasteiger partial charge in [-0.05, 0) is 56.4 Å². The number of nitrogens with two attached hydrogens (primary N) is 1. The monoisotopic (exact) mass is 443 g/mol. The van der Waals surface area contributed by atoms with Crippen LogP contribution in [0.25, 0.3) is 22.7 Å². The number of aromatic nitrogens is 6. The van der Waals surface area contributed by atoms with Crippen LogP contribution in [0.4, 0.5) is 5.95 Å². The van der Waals surface area contributed by atoms with Crippen molar-refractivity contribution in [2.45, 2.75) is 50.5 Å². The number of aliphatic hydroxyl groups is 1. The minimum Gasteiger partial charge on any atom is -0.393 e. The van der Waals surface area contributed by atoms with E-state index in [1.54, 1.807) is 25.5 Å². The molecule has 0 spiro atoms. The van der Waals surface area contributed by atoms with Gasteiger partial charge in [0.2, 0.25) is 5.95 Å². The van der Waals surface area contributed by atoms with Crippen molar-refractivity contribution >= 4 is 5.95 Å². The summed E-state index contributed by atoms with van der Waals surface area (Å²) in [5.74, 6) is 1.36. The summed E-state index contributed by atoms with van der Waals surface area (Å²) in [7, 11) is 0. The first-order valence-corrected chi connectivity index (χ1v) is 11.1. The van der Waals surface area contributed by atoms with Crippen LogP contribution in [0.2, 0.25) is 0 Å². The van der Waals surface area contributed by atoms with Crippen molar-refractivity contribution in [1.82, 2.24) is 30.1 Å². The summed E-state index contributed by atoms with van der Waals surface area (Å²) in [6.45, 7) is 1.78. The van der Waals surface area contributed by atoms with Gasteiger partial charge in [-0.25, -0.2) is 9.97 Å². The predicted molar refractivity (Wildman–Crippen MR) is 122 cm³/mol. The SMILES string of the molecule is C[C@H](O)CCc1ccc(-c2nc(C3(c4ccc(-c5cnc(N)nc5)nc4)CCC3)no2)cn1. The Labute approximate surface area is 191 Å². The molecular formula is C24H25N7O2. The molecule has 0 aromatic carbocycles. The Morgan fingerprint density at radius 1 is 1.00 bits per heavy atom. The van der Waals surface area contributed by atoms with Crippen molar-refractivity contribution < 1.29 is 9.63 Å². The lowest BCUT2D eigenvalue weighted by atomic mass is 9.64. The zero-order valence-electron chi connectivity index (χ0n) is 18.3. The van der Waals surface area contributed by atoms with Gasteiger partial charge >= 0.3 is 0 Å². The molecule has 9 heteroatoms. The van der Waals surface area contributed by atoms with Crippen LogP contribution in [-0.4, -0.2) is 41.3 Å². The summed E-state index contributed by atoms with van der Waals surface area (Å²) in [5.41, 5.74) is 9.63. The van der Waals surface area contributed by atoms with Crippen LogP contribution in [0.5, 0.6) is 0 Å². The van der Waals surface area contributed by atoms with Crippen LogP contribution in [0.1, 0.15) is 49.7 Å². The maximum absolute atomic E-state index is 9.46. The maximum Gasteiger partial charge on any atom is 0.259 e. The second-order valence-electron chi connectivity index (χ2n) is 8.55. The summed E-state index contributed by atoms with van der Waals surface area (Å²) in [4.78, 5) is 21.9. The van der Waals surface area contributed by atoms with Gasteiger partial charge in [0.15, 0.2) is 5.82 Å². The molecule has 0 bridgehead atoms. The average Bonchev–Trinajstić information content (AvgIpc) is 3.29. The van der Waals surface area contributed by atoms with Crippen molar-refractivity contribution in [3.8, 4) is 22.7 Å². The van der Waals surface area contributed by atoms with E-state index < -0.39 is 0 Å². The Morgan fingerprint density at radius 2 is 1.79 bits per heavy atom. The molecule has 9 nitrogen and oxygen atoms in total. The van der Waals surface area contributed by atoms with Crippen LogP contribution in [0, 0.1) is 0 Å². The summed E-state index contributed by atoms with van der Waals surface area (Å²) in [6.07, 6.45) is 11.0. The van der Waals surface area contributed by atoms with Gasteiger partial charge in [-0.3, -0.25) is 9.97 Å². The highest BCUT2D eigenvalue weighted by atomic mass is 16.5. The second-order valence-corrected chi connectivity index (χ2v) is 8.55. The zero-order valence-corrected chi connectivity index (χ0v) is 18.3. The first kappa shape index (κ1) is 21.1. The number of aliphatic hydroxyl groups excluding tert-OH is 1. The molecular weight excluding hydrogens is 418 g/mol. The molecule has 0 amide bonds. The molecule has 1 atom stereocenters. The van der Waals surface area contributed by atoms with Crippen LogP contribution < -0.4 is 5.73 Å². The summed E-state index contributed by atoms with van der Waals surface area (Å²) >= 11 is 0. The smallest absolute Gasteiger partial charge is 0.259 e. The standard InChI is InChI=1S/C24H25N7O2/c1-15(32)3-6-19-7-4-16(11-26-19)21-30-22(31-33-21)24(9-2-10-24)18-5-8-20(27-14-18)17-12-28-23(25)29-13-17/h4-5,7-8,11-15,32H,2-3,6,9-10H2,1H3,(H2,25,28,29)/t15-/m0/s1. The van der Waals surface area contributed by atoms with Crippen molar-refractivity contribution in [3.05, 3.63) is 66.1 Å².